The molecule has 0 N–H and O–H groups in total. The van der Waals surface area contributed by atoms with Gasteiger partial charge in [-0.15, -0.1) is 0 Å². The second-order valence-electron chi connectivity index (χ2n) is 5.94. The van der Waals surface area contributed by atoms with E-state index in [9.17, 15) is 9.59 Å². The van der Waals surface area contributed by atoms with Crippen LogP contribution in [0.3, 0.4) is 0 Å². The Morgan fingerprint density at radius 2 is 1.95 bits per heavy atom. The number of rotatable bonds is 2. The largest absolute Gasteiger partial charge is 0.422 e. The van der Waals surface area contributed by atoms with E-state index in [-0.39, 0.29) is 17.5 Å². The highest BCUT2D eigenvalue weighted by molar-refractivity contribution is 5.96. The first kappa shape index (κ1) is 14.8. The van der Waals surface area contributed by atoms with Gasteiger partial charge < -0.3 is 14.2 Å². The highest BCUT2D eigenvalue weighted by Gasteiger charge is 2.26. The molecule has 0 radical (unpaired) electrons. The average molecular weight is 300 g/mol. The number of para-hydroxylation sites is 1. The fraction of sp³-hybridized carbons (Fsp3) is 0.412. The lowest BCUT2D eigenvalue weighted by Gasteiger charge is -2.34. The maximum atomic E-state index is 12.6. The summed E-state index contributed by atoms with van der Waals surface area (Å²) in [4.78, 5) is 28.7. The van der Waals surface area contributed by atoms with Gasteiger partial charge in [-0.1, -0.05) is 18.2 Å². The van der Waals surface area contributed by atoms with E-state index in [4.69, 9.17) is 4.42 Å². The standard InChI is InChI=1S/C17H20N2O3/c1-18-9-7-13(8-10-18)19(2)16(20)14-11-12-5-3-4-6-15(12)22-17(14)21/h3-6,11,13H,7-10H2,1-2H3. The van der Waals surface area contributed by atoms with Gasteiger partial charge in [0, 0.05) is 18.5 Å². The summed E-state index contributed by atoms with van der Waals surface area (Å²) >= 11 is 0. The third-order valence-corrected chi connectivity index (χ3v) is 4.43. The van der Waals surface area contributed by atoms with Crippen LogP contribution in [0, 0.1) is 0 Å². The predicted molar refractivity (Wildman–Crippen MR) is 85.1 cm³/mol. The van der Waals surface area contributed by atoms with Crippen molar-refractivity contribution >= 4 is 16.9 Å². The van der Waals surface area contributed by atoms with E-state index in [0.717, 1.165) is 31.3 Å². The smallest absolute Gasteiger partial charge is 0.349 e. The molecular weight excluding hydrogens is 280 g/mol. The molecule has 1 saturated heterocycles. The monoisotopic (exact) mass is 300 g/mol. The summed E-state index contributed by atoms with van der Waals surface area (Å²) in [7, 11) is 3.85. The molecule has 0 aliphatic carbocycles. The van der Waals surface area contributed by atoms with Gasteiger partial charge in [0.25, 0.3) is 5.91 Å². The van der Waals surface area contributed by atoms with E-state index in [2.05, 4.69) is 11.9 Å². The molecule has 3 rings (SSSR count). The molecule has 0 unspecified atom stereocenters. The summed E-state index contributed by atoms with van der Waals surface area (Å²) in [6.45, 7) is 1.93. The van der Waals surface area contributed by atoms with Crippen LogP contribution in [0.2, 0.25) is 0 Å². The maximum Gasteiger partial charge on any atom is 0.349 e. The van der Waals surface area contributed by atoms with Crippen molar-refractivity contribution in [3.05, 3.63) is 46.3 Å². The zero-order valence-corrected chi connectivity index (χ0v) is 12.9. The van der Waals surface area contributed by atoms with Crippen LogP contribution in [0.4, 0.5) is 0 Å². The summed E-state index contributed by atoms with van der Waals surface area (Å²) < 4.78 is 5.26. The minimum atomic E-state index is -0.566. The summed E-state index contributed by atoms with van der Waals surface area (Å²) in [6.07, 6.45) is 1.86. The molecule has 0 spiro atoms. The quantitative estimate of drug-likeness (QED) is 0.796. The molecule has 1 aromatic carbocycles. The molecule has 116 valence electrons. The fourth-order valence-corrected chi connectivity index (χ4v) is 2.95. The molecule has 0 saturated carbocycles. The number of fused-ring (bicyclic) bond motifs is 1. The highest BCUT2D eigenvalue weighted by Crippen LogP contribution is 2.18. The number of nitrogens with zero attached hydrogens (tertiary/aromatic N) is 2. The van der Waals surface area contributed by atoms with Gasteiger partial charge in [0.05, 0.1) is 0 Å². The van der Waals surface area contributed by atoms with Gasteiger partial charge in [0.1, 0.15) is 11.1 Å². The van der Waals surface area contributed by atoms with Crippen LogP contribution in [0.15, 0.2) is 39.5 Å². The van der Waals surface area contributed by atoms with Gasteiger partial charge >= 0.3 is 5.63 Å². The number of amides is 1. The van der Waals surface area contributed by atoms with Crippen molar-refractivity contribution in [1.82, 2.24) is 9.80 Å². The fourth-order valence-electron chi connectivity index (χ4n) is 2.95. The van der Waals surface area contributed by atoms with Gasteiger partial charge in [-0.05, 0) is 45.1 Å². The minimum Gasteiger partial charge on any atom is -0.422 e. The zero-order chi connectivity index (χ0) is 15.7. The molecule has 5 heteroatoms. The van der Waals surface area contributed by atoms with Gasteiger partial charge in [0.15, 0.2) is 0 Å². The molecule has 0 bridgehead atoms. The Morgan fingerprint density at radius 3 is 2.68 bits per heavy atom. The zero-order valence-electron chi connectivity index (χ0n) is 12.9. The van der Waals surface area contributed by atoms with Gasteiger partial charge in [-0.2, -0.15) is 0 Å². The Bertz CT molecular complexity index is 745. The first-order valence-electron chi connectivity index (χ1n) is 7.55. The Balaban J connectivity index is 1.88. The van der Waals surface area contributed by atoms with Crippen LogP contribution in [0.5, 0.6) is 0 Å². The molecule has 22 heavy (non-hydrogen) atoms. The number of piperidine rings is 1. The lowest BCUT2D eigenvalue weighted by Crippen LogP contribution is -2.45. The number of carbonyl (C=O) groups excluding carboxylic acids is 1. The van der Waals surface area contributed by atoms with Crippen LogP contribution >= 0.6 is 0 Å². The first-order valence-corrected chi connectivity index (χ1v) is 7.55. The van der Waals surface area contributed by atoms with Crippen LogP contribution in [-0.2, 0) is 0 Å². The Labute approximate surface area is 129 Å². The molecule has 2 heterocycles. The lowest BCUT2D eigenvalue weighted by atomic mass is 10.0. The second kappa shape index (κ2) is 5.93. The Morgan fingerprint density at radius 1 is 1.27 bits per heavy atom. The normalized spacial score (nSPS) is 16.8. The van der Waals surface area contributed by atoms with E-state index in [0.29, 0.717) is 5.58 Å². The molecule has 1 aromatic heterocycles. The Kier molecular flexibility index (Phi) is 3.98. The van der Waals surface area contributed by atoms with Crippen molar-refractivity contribution in [2.75, 3.05) is 27.2 Å². The van der Waals surface area contributed by atoms with E-state index < -0.39 is 5.63 Å². The summed E-state index contributed by atoms with van der Waals surface area (Å²) in [5.41, 5.74) is 0.0506. The van der Waals surface area contributed by atoms with Gasteiger partial charge in [-0.3, -0.25) is 4.79 Å². The molecule has 5 nitrogen and oxygen atoms in total. The lowest BCUT2D eigenvalue weighted by molar-refractivity contribution is 0.0655. The van der Waals surface area contributed by atoms with Crippen molar-refractivity contribution in [1.29, 1.82) is 0 Å². The van der Waals surface area contributed by atoms with E-state index >= 15 is 0 Å². The van der Waals surface area contributed by atoms with Gasteiger partial charge in [-0.25, -0.2) is 4.79 Å². The third kappa shape index (κ3) is 2.76. The van der Waals surface area contributed by atoms with E-state index in [1.807, 2.05) is 12.1 Å². The van der Waals surface area contributed by atoms with Crippen molar-refractivity contribution in [3.63, 3.8) is 0 Å². The molecule has 1 aliphatic rings. The number of likely N-dealkylation sites (tertiary alicyclic amines) is 1. The van der Waals surface area contributed by atoms with Crippen molar-refractivity contribution in [2.24, 2.45) is 0 Å². The van der Waals surface area contributed by atoms with Crippen LogP contribution in [0.25, 0.3) is 11.0 Å². The molecule has 1 amide bonds. The topological polar surface area (TPSA) is 53.8 Å². The van der Waals surface area contributed by atoms with Crippen LogP contribution in [0.1, 0.15) is 23.2 Å². The molecule has 1 fully saturated rings. The predicted octanol–water partition coefficient (Wildman–Crippen LogP) is 1.96. The number of benzene rings is 1. The number of hydrogen-bond donors (Lipinski definition) is 0. The summed E-state index contributed by atoms with van der Waals surface area (Å²) in [5.74, 6) is -0.256. The van der Waals surface area contributed by atoms with Crippen molar-refractivity contribution in [3.8, 4) is 0 Å². The molecule has 0 atom stereocenters. The SMILES string of the molecule is CN1CCC(N(C)C(=O)c2cc3ccccc3oc2=O)CC1. The minimum absolute atomic E-state index is 0.111. The highest BCUT2D eigenvalue weighted by atomic mass is 16.4. The van der Waals surface area contributed by atoms with Crippen LogP contribution < -0.4 is 5.63 Å². The first-order chi connectivity index (χ1) is 10.6. The molecule has 2 aromatic rings. The average Bonchev–Trinajstić information content (AvgIpc) is 2.53. The molecular formula is C17H20N2O3. The van der Waals surface area contributed by atoms with E-state index in [1.165, 1.54) is 0 Å². The van der Waals surface area contributed by atoms with Crippen molar-refractivity contribution < 1.29 is 9.21 Å². The van der Waals surface area contributed by atoms with Gasteiger partial charge in [0.2, 0.25) is 0 Å². The van der Waals surface area contributed by atoms with Crippen LogP contribution in [-0.4, -0.2) is 48.9 Å². The summed E-state index contributed by atoms with van der Waals surface area (Å²) in [6, 6.07) is 9.04. The Hall–Kier alpha value is -2.14. The summed E-state index contributed by atoms with van der Waals surface area (Å²) in [5, 5.41) is 0.766. The number of hydrogen-bond acceptors (Lipinski definition) is 4. The van der Waals surface area contributed by atoms with E-state index in [1.54, 1.807) is 30.1 Å². The van der Waals surface area contributed by atoms with Crippen molar-refractivity contribution in [2.45, 2.75) is 18.9 Å². The third-order valence-electron chi connectivity index (χ3n) is 4.43. The second-order valence-corrected chi connectivity index (χ2v) is 5.94. The number of carbonyl (C=O) groups is 1. The maximum absolute atomic E-state index is 12.6. The molecule has 1 aliphatic heterocycles.